The fraction of sp³-hybridized carbons (Fsp3) is 0.647. The molecule has 1 aromatic rings. The zero-order chi connectivity index (χ0) is 15.5. The molecule has 0 saturated heterocycles. The second-order valence-corrected chi connectivity index (χ2v) is 7.10. The van der Waals surface area contributed by atoms with Crippen LogP contribution >= 0.6 is 15.9 Å². The monoisotopic (exact) mass is 355 g/mol. The Bertz CT molecular complexity index is 480. The van der Waals surface area contributed by atoms with Crippen molar-refractivity contribution in [3.05, 3.63) is 28.2 Å². The van der Waals surface area contributed by atoms with Gasteiger partial charge in [-0.1, -0.05) is 25.8 Å². The van der Waals surface area contributed by atoms with Crippen molar-refractivity contribution >= 4 is 15.9 Å². The Kier molecular flexibility index (Phi) is 5.69. The molecule has 4 heteroatoms. The molecule has 1 aliphatic rings. The Morgan fingerprint density at radius 2 is 2.19 bits per heavy atom. The second-order valence-electron chi connectivity index (χ2n) is 6.25. The Morgan fingerprint density at radius 1 is 1.43 bits per heavy atom. The van der Waals surface area contributed by atoms with Crippen LogP contribution in [0.4, 0.5) is 0 Å². The van der Waals surface area contributed by atoms with Crippen LogP contribution in [0.1, 0.15) is 38.2 Å². The van der Waals surface area contributed by atoms with Gasteiger partial charge in [0.25, 0.3) is 0 Å². The molecular weight excluding hydrogens is 330 g/mol. The molecule has 2 N–H and O–H groups in total. The largest absolute Gasteiger partial charge is 0.496 e. The maximum Gasteiger partial charge on any atom is 0.133 e. The van der Waals surface area contributed by atoms with Crippen LogP contribution in [-0.4, -0.2) is 25.9 Å². The quantitative estimate of drug-likeness (QED) is 0.870. The van der Waals surface area contributed by atoms with Gasteiger partial charge in [-0.25, -0.2) is 0 Å². The summed E-state index contributed by atoms with van der Waals surface area (Å²) in [5.74, 6) is 1.53. The first-order chi connectivity index (χ1) is 10.0. The zero-order valence-corrected chi connectivity index (χ0v) is 14.8. The molecule has 3 nitrogen and oxygen atoms in total. The van der Waals surface area contributed by atoms with Crippen molar-refractivity contribution in [3.63, 3.8) is 0 Å². The minimum absolute atomic E-state index is 0.0190. The van der Waals surface area contributed by atoms with Crippen LogP contribution in [0.15, 0.2) is 22.7 Å². The normalized spacial score (nSPS) is 27.4. The summed E-state index contributed by atoms with van der Waals surface area (Å²) >= 11 is 3.54. The molecule has 0 aliphatic heterocycles. The van der Waals surface area contributed by atoms with E-state index in [1.54, 1.807) is 7.11 Å². The summed E-state index contributed by atoms with van der Waals surface area (Å²) in [6, 6.07) is 6.17. The third kappa shape index (κ3) is 3.79. The molecule has 0 bridgehead atoms. The lowest BCUT2D eigenvalue weighted by Gasteiger charge is -2.43. The van der Waals surface area contributed by atoms with Crippen molar-refractivity contribution in [1.29, 1.82) is 0 Å². The van der Waals surface area contributed by atoms with Crippen molar-refractivity contribution in [3.8, 4) is 5.75 Å². The summed E-state index contributed by atoms with van der Waals surface area (Å²) < 4.78 is 12.1. The Balaban J connectivity index is 2.12. The Morgan fingerprint density at radius 3 is 2.76 bits per heavy atom. The first kappa shape index (κ1) is 16.8. The van der Waals surface area contributed by atoms with Crippen molar-refractivity contribution in [2.45, 2.75) is 50.7 Å². The molecule has 3 atom stereocenters. The van der Waals surface area contributed by atoms with E-state index in [0.717, 1.165) is 29.5 Å². The van der Waals surface area contributed by atoms with Crippen LogP contribution in [0.5, 0.6) is 5.75 Å². The van der Waals surface area contributed by atoms with E-state index in [0.29, 0.717) is 5.92 Å². The van der Waals surface area contributed by atoms with E-state index in [1.807, 2.05) is 13.2 Å². The molecule has 2 rings (SSSR count). The molecule has 0 aromatic heterocycles. The van der Waals surface area contributed by atoms with Gasteiger partial charge < -0.3 is 15.2 Å². The number of methoxy groups -OCH3 is 2. The van der Waals surface area contributed by atoms with E-state index in [2.05, 4.69) is 35.0 Å². The van der Waals surface area contributed by atoms with Crippen LogP contribution in [-0.2, 0) is 11.2 Å². The summed E-state index contributed by atoms with van der Waals surface area (Å²) in [5, 5.41) is 0. The molecule has 1 aromatic carbocycles. The highest BCUT2D eigenvalue weighted by molar-refractivity contribution is 9.10. The fourth-order valence-corrected chi connectivity index (χ4v) is 4.08. The summed E-state index contributed by atoms with van der Waals surface area (Å²) in [7, 11) is 3.48. The van der Waals surface area contributed by atoms with Crippen LogP contribution in [0.3, 0.4) is 0 Å². The van der Waals surface area contributed by atoms with Crippen molar-refractivity contribution in [1.82, 2.24) is 0 Å². The van der Waals surface area contributed by atoms with Crippen molar-refractivity contribution in [2.75, 3.05) is 14.2 Å². The van der Waals surface area contributed by atoms with Gasteiger partial charge in [0.15, 0.2) is 0 Å². The highest BCUT2D eigenvalue weighted by Crippen LogP contribution is 2.38. The molecule has 0 amide bonds. The first-order valence-corrected chi connectivity index (χ1v) is 8.43. The van der Waals surface area contributed by atoms with Gasteiger partial charge in [-0.3, -0.25) is 0 Å². The van der Waals surface area contributed by atoms with Gasteiger partial charge in [0.05, 0.1) is 17.2 Å². The lowest BCUT2D eigenvalue weighted by atomic mass is 9.73. The lowest BCUT2D eigenvalue weighted by molar-refractivity contribution is -0.0705. The molecular formula is C17H26BrNO2. The maximum atomic E-state index is 6.54. The first-order valence-electron chi connectivity index (χ1n) is 7.64. The van der Waals surface area contributed by atoms with Gasteiger partial charge >= 0.3 is 0 Å². The highest BCUT2D eigenvalue weighted by Gasteiger charge is 2.40. The molecule has 3 unspecified atom stereocenters. The molecule has 0 heterocycles. The average molecular weight is 356 g/mol. The van der Waals surface area contributed by atoms with E-state index in [1.165, 1.54) is 18.4 Å². The van der Waals surface area contributed by atoms with Crippen LogP contribution < -0.4 is 10.5 Å². The van der Waals surface area contributed by atoms with Gasteiger partial charge in [0.1, 0.15) is 5.75 Å². The zero-order valence-electron chi connectivity index (χ0n) is 13.2. The van der Waals surface area contributed by atoms with E-state index in [4.69, 9.17) is 15.2 Å². The molecule has 0 radical (unpaired) electrons. The molecule has 0 spiro atoms. The number of hydrogen-bond donors (Lipinski definition) is 1. The van der Waals surface area contributed by atoms with Crippen LogP contribution in [0.25, 0.3) is 0 Å². The van der Waals surface area contributed by atoms with Gasteiger partial charge in [0.2, 0.25) is 0 Å². The Hall–Kier alpha value is -0.580. The van der Waals surface area contributed by atoms with Crippen LogP contribution in [0, 0.1) is 5.92 Å². The van der Waals surface area contributed by atoms with E-state index < -0.39 is 0 Å². The number of hydrogen-bond acceptors (Lipinski definition) is 3. The standard InChI is InChI=1S/C17H26BrNO2/c1-12-5-4-8-17(11-12,21-3)16(19)10-13-6-7-15(20-2)14(18)9-13/h6-7,9,12,16H,4-5,8,10-11,19H2,1-3H3. The SMILES string of the molecule is COc1ccc(CC(N)C2(OC)CCCC(C)C2)cc1Br. The minimum Gasteiger partial charge on any atom is -0.496 e. The number of rotatable bonds is 5. The minimum atomic E-state index is -0.177. The van der Waals surface area contributed by atoms with E-state index in [-0.39, 0.29) is 11.6 Å². The van der Waals surface area contributed by atoms with Crippen molar-refractivity contribution in [2.24, 2.45) is 11.7 Å². The fourth-order valence-electron chi connectivity index (χ4n) is 3.49. The maximum absolute atomic E-state index is 6.54. The molecule has 1 fully saturated rings. The summed E-state index contributed by atoms with van der Waals surface area (Å²) in [4.78, 5) is 0. The topological polar surface area (TPSA) is 44.5 Å². The molecule has 1 saturated carbocycles. The molecule has 118 valence electrons. The molecule has 21 heavy (non-hydrogen) atoms. The molecule has 1 aliphatic carbocycles. The summed E-state index contributed by atoms with van der Waals surface area (Å²) in [6.07, 6.45) is 5.43. The second kappa shape index (κ2) is 7.12. The lowest BCUT2D eigenvalue weighted by Crippen LogP contribution is -2.53. The van der Waals surface area contributed by atoms with Crippen LogP contribution in [0.2, 0.25) is 0 Å². The number of benzene rings is 1. The van der Waals surface area contributed by atoms with E-state index in [9.17, 15) is 0 Å². The predicted octanol–water partition coefficient (Wildman–Crippen LogP) is 3.92. The smallest absolute Gasteiger partial charge is 0.133 e. The Labute approximate surface area is 136 Å². The summed E-state index contributed by atoms with van der Waals surface area (Å²) in [5.41, 5.74) is 7.57. The highest BCUT2D eigenvalue weighted by atomic mass is 79.9. The third-order valence-corrected chi connectivity index (χ3v) is 5.36. The number of nitrogens with two attached hydrogens (primary N) is 1. The number of halogens is 1. The van der Waals surface area contributed by atoms with Gasteiger partial charge in [-0.05, 0) is 58.8 Å². The van der Waals surface area contributed by atoms with E-state index >= 15 is 0 Å². The van der Waals surface area contributed by atoms with Gasteiger partial charge in [-0.15, -0.1) is 0 Å². The summed E-state index contributed by atoms with van der Waals surface area (Å²) in [6.45, 7) is 2.30. The number of ether oxygens (including phenoxy) is 2. The van der Waals surface area contributed by atoms with Gasteiger partial charge in [0, 0.05) is 13.2 Å². The van der Waals surface area contributed by atoms with Crippen molar-refractivity contribution < 1.29 is 9.47 Å². The van der Waals surface area contributed by atoms with Gasteiger partial charge in [-0.2, -0.15) is 0 Å². The predicted molar refractivity (Wildman–Crippen MR) is 89.7 cm³/mol. The third-order valence-electron chi connectivity index (χ3n) is 4.74. The average Bonchev–Trinajstić information content (AvgIpc) is 2.47.